The summed E-state index contributed by atoms with van der Waals surface area (Å²) in [6.45, 7) is 7.09. The average Bonchev–Trinajstić information content (AvgIpc) is 2.81. The first kappa shape index (κ1) is 25.3. The molecule has 1 aliphatic heterocycles. The summed E-state index contributed by atoms with van der Waals surface area (Å²) in [5.74, 6) is -0.213. The summed E-state index contributed by atoms with van der Waals surface area (Å²) < 4.78 is 5.08. The molecule has 33 heavy (non-hydrogen) atoms. The summed E-state index contributed by atoms with van der Waals surface area (Å²) in [5.41, 5.74) is 2.38. The lowest BCUT2D eigenvalue weighted by atomic mass is 10.0. The fraction of sp³-hybridized carbons (Fsp3) is 0.440. The van der Waals surface area contributed by atoms with Crippen LogP contribution >= 0.6 is 23.2 Å². The third-order valence-electron chi connectivity index (χ3n) is 5.93. The van der Waals surface area contributed by atoms with Crippen molar-refractivity contribution >= 4 is 46.5 Å². The maximum absolute atomic E-state index is 12.6. The van der Waals surface area contributed by atoms with E-state index in [0.717, 1.165) is 17.7 Å². The summed E-state index contributed by atoms with van der Waals surface area (Å²) in [5, 5.41) is 1.03. The smallest absolute Gasteiger partial charge is 0.327 e. The number of halogens is 2. The number of methoxy groups -OCH3 is 1. The van der Waals surface area contributed by atoms with E-state index in [1.807, 2.05) is 56.3 Å². The van der Waals surface area contributed by atoms with Crippen LogP contribution in [0.3, 0.4) is 0 Å². The normalized spacial score (nSPS) is 15.2. The van der Waals surface area contributed by atoms with Crippen molar-refractivity contribution in [2.45, 2.75) is 32.7 Å². The second-order valence-electron chi connectivity index (χ2n) is 8.01. The number of esters is 1. The van der Waals surface area contributed by atoms with Crippen LogP contribution in [-0.4, -0.2) is 56.6 Å². The Bertz CT molecular complexity index is 940. The highest BCUT2D eigenvalue weighted by atomic mass is 35.5. The van der Waals surface area contributed by atoms with Crippen molar-refractivity contribution in [2.75, 3.05) is 49.6 Å². The molecule has 3 rings (SSSR count). The Balaban J connectivity index is 1.77. The maximum Gasteiger partial charge on any atom is 0.327 e. The standard InChI is InChI=1S/C25H31Cl2N3O3/c1-4-9-22(31)30(5-2)19-16-20(26)24(21(27)17-19)29-14-12-28(13-15-29)23(25(32)33-3)18-10-7-6-8-11-18/h6-8,10-11,16-17,23H,4-5,9,12-15H2,1-3H3. The Morgan fingerprint density at radius 1 is 1.03 bits per heavy atom. The van der Waals surface area contributed by atoms with Crippen molar-refractivity contribution < 1.29 is 14.3 Å². The Morgan fingerprint density at radius 3 is 2.15 bits per heavy atom. The van der Waals surface area contributed by atoms with Gasteiger partial charge in [0.2, 0.25) is 5.91 Å². The van der Waals surface area contributed by atoms with E-state index in [4.69, 9.17) is 27.9 Å². The monoisotopic (exact) mass is 491 g/mol. The van der Waals surface area contributed by atoms with Gasteiger partial charge >= 0.3 is 5.97 Å². The number of benzene rings is 2. The minimum Gasteiger partial charge on any atom is -0.468 e. The molecule has 1 aliphatic rings. The van der Waals surface area contributed by atoms with Crippen molar-refractivity contribution in [3.8, 4) is 0 Å². The molecule has 1 amide bonds. The van der Waals surface area contributed by atoms with Gasteiger partial charge in [-0.3, -0.25) is 9.69 Å². The first-order chi connectivity index (χ1) is 15.9. The van der Waals surface area contributed by atoms with Gasteiger partial charge in [-0.15, -0.1) is 0 Å². The van der Waals surface area contributed by atoms with E-state index >= 15 is 0 Å². The molecular weight excluding hydrogens is 461 g/mol. The van der Waals surface area contributed by atoms with Gasteiger partial charge in [-0.05, 0) is 31.0 Å². The molecule has 2 aromatic carbocycles. The number of piperazine rings is 1. The van der Waals surface area contributed by atoms with Crippen molar-refractivity contribution in [3.63, 3.8) is 0 Å². The van der Waals surface area contributed by atoms with E-state index in [9.17, 15) is 9.59 Å². The number of hydrogen-bond acceptors (Lipinski definition) is 5. The number of rotatable bonds is 8. The highest BCUT2D eigenvalue weighted by Crippen LogP contribution is 2.39. The summed E-state index contributed by atoms with van der Waals surface area (Å²) in [7, 11) is 1.42. The number of carbonyl (C=O) groups excluding carboxylic acids is 2. The molecule has 8 heteroatoms. The SMILES string of the molecule is CCCC(=O)N(CC)c1cc(Cl)c(N2CCN(C(C(=O)OC)c3ccccc3)CC2)c(Cl)c1. The van der Waals surface area contributed by atoms with Crippen LogP contribution in [0.15, 0.2) is 42.5 Å². The molecule has 0 N–H and O–H groups in total. The third kappa shape index (κ3) is 5.81. The minimum atomic E-state index is -0.450. The molecule has 1 unspecified atom stereocenters. The van der Waals surface area contributed by atoms with Gasteiger partial charge in [-0.25, -0.2) is 4.79 Å². The molecular formula is C25H31Cl2N3O3. The fourth-order valence-electron chi connectivity index (χ4n) is 4.31. The van der Waals surface area contributed by atoms with E-state index in [1.54, 1.807) is 4.90 Å². The first-order valence-corrected chi connectivity index (χ1v) is 12.1. The molecule has 0 aromatic heterocycles. The van der Waals surface area contributed by atoms with Gasteiger partial charge in [0, 0.05) is 44.8 Å². The predicted octanol–water partition coefficient (Wildman–Crippen LogP) is 5.18. The lowest BCUT2D eigenvalue weighted by molar-refractivity contribution is -0.147. The molecule has 0 aliphatic carbocycles. The molecule has 1 atom stereocenters. The zero-order chi connectivity index (χ0) is 24.0. The lowest BCUT2D eigenvalue weighted by Gasteiger charge is -2.40. The topological polar surface area (TPSA) is 53.1 Å². The summed E-state index contributed by atoms with van der Waals surface area (Å²) in [6.07, 6.45) is 1.27. The van der Waals surface area contributed by atoms with Crippen LogP contribution in [0, 0.1) is 0 Å². The number of hydrogen-bond donors (Lipinski definition) is 0. The summed E-state index contributed by atoms with van der Waals surface area (Å²) >= 11 is 13.3. The second kappa shape index (κ2) is 11.7. The molecule has 6 nitrogen and oxygen atoms in total. The molecule has 0 saturated carbocycles. The number of ether oxygens (including phenoxy) is 1. The van der Waals surface area contributed by atoms with Gasteiger partial charge < -0.3 is 14.5 Å². The molecule has 1 heterocycles. The third-order valence-corrected chi connectivity index (χ3v) is 6.51. The van der Waals surface area contributed by atoms with Gasteiger partial charge in [0.25, 0.3) is 0 Å². The summed E-state index contributed by atoms with van der Waals surface area (Å²) in [4.78, 5) is 31.0. The Hall–Kier alpha value is -2.28. The highest BCUT2D eigenvalue weighted by molar-refractivity contribution is 6.39. The second-order valence-corrected chi connectivity index (χ2v) is 8.82. The molecule has 0 radical (unpaired) electrons. The Kier molecular flexibility index (Phi) is 9.01. The van der Waals surface area contributed by atoms with Crippen LogP contribution in [0.4, 0.5) is 11.4 Å². The van der Waals surface area contributed by atoms with Crippen LogP contribution in [0.5, 0.6) is 0 Å². The highest BCUT2D eigenvalue weighted by Gasteiger charge is 2.32. The van der Waals surface area contributed by atoms with Crippen molar-refractivity contribution in [3.05, 3.63) is 58.1 Å². The molecule has 1 fully saturated rings. The molecule has 1 saturated heterocycles. The van der Waals surface area contributed by atoms with Crippen molar-refractivity contribution in [2.24, 2.45) is 0 Å². The number of nitrogens with zero attached hydrogens (tertiary/aromatic N) is 3. The predicted molar refractivity (Wildman–Crippen MR) is 134 cm³/mol. The largest absolute Gasteiger partial charge is 0.468 e. The number of carbonyl (C=O) groups is 2. The molecule has 0 bridgehead atoms. The van der Waals surface area contributed by atoms with Crippen LogP contribution in [-0.2, 0) is 14.3 Å². The van der Waals surface area contributed by atoms with Gasteiger partial charge in [0.1, 0.15) is 6.04 Å². The van der Waals surface area contributed by atoms with Crippen molar-refractivity contribution in [1.82, 2.24) is 4.90 Å². The number of amides is 1. The van der Waals surface area contributed by atoms with E-state index < -0.39 is 6.04 Å². The van der Waals surface area contributed by atoms with Crippen molar-refractivity contribution in [1.29, 1.82) is 0 Å². The number of anilines is 2. The summed E-state index contributed by atoms with van der Waals surface area (Å²) in [6, 6.07) is 12.8. The van der Waals surface area contributed by atoms with E-state index in [0.29, 0.717) is 54.9 Å². The van der Waals surface area contributed by atoms with Gasteiger partial charge in [-0.1, -0.05) is 60.5 Å². The molecule has 0 spiro atoms. The average molecular weight is 492 g/mol. The first-order valence-electron chi connectivity index (χ1n) is 11.3. The fourth-order valence-corrected chi connectivity index (χ4v) is 5.02. The van der Waals surface area contributed by atoms with E-state index in [1.165, 1.54) is 7.11 Å². The van der Waals surface area contributed by atoms with Crippen LogP contribution in [0.25, 0.3) is 0 Å². The van der Waals surface area contributed by atoms with Gasteiger partial charge in [0.05, 0.1) is 22.8 Å². The lowest BCUT2D eigenvalue weighted by Crippen LogP contribution is -2.49. The quantitative estimate of drug-likeness (QED) is 0.476. The van der Waals surface area contributed by atoms with E-state index in [-0.39, 0.29) is 11.9 Å². The van der Waals surface area contributed by atoms with Crippen LogP contribution in [0.1, 0.15) is 38.3 Å². The minimum absolute atomic E-state index is 0.0586. The zero-order valence-electron chi connectivity index (χ0n) is 19.4. The Labute approximate surface area is 206 Å². The van der Waals surface area contributed by atoms with Crippen LogP contribution in [0.2, 0.25) is 10.0 Å². The maximum atomic E-state index is 12.6. The van der Waals surface area contributed by atoms with Gasteiger partial charge in [-0.2, -0.15) is 0 Å². The molecule has 2 aromatic rings. The zero-order valence-corrected chi connectivity index (χ0v) is 20.9. The van der Waals surface area contributed by atoms with E-state index in [2.05, 4.69) is 9.80 Å². The van der Waals surface area contributed by atoms with Gasteiger partial charge in [0.15, 0.2) is 0 Å². The Morgan fingerprint density at radius 2 is 1.64 bits per heavy atom. The molecule has 178 valence electrons. The van der Waals surface area contributed by atoms with Crippen LogP contribution < -0.4 is 9.80 Å².